The summed E-state index contributed by atoms with van der Waals surface area (Å²) in [5.74, 6) is 0.675. The number of ether oxygens (including phenoxy) is 1. The highest BCUT2D eigenvalue weighted by atomic mass is 35.5. The number of anilines is 1. The van der Waals surface area contributed by atoms with Crippen LogP contribution in [0.1, 0.15) is 10.4 Å². The van der Waals surface area contributed by atoms with E-state index in [-0.39, 0.29) is 11.8 Å². The van der Waals surface area contributed by atoms with Crippen LogP contribution in [0.3, 0.4) is 0 Å². The van der Waals surface area contributed by atoms with Crippen LogP contribution < -0.4 is 10.1 Å². The molecule has 0 spiro atoms. The van der Waals surface area contributed by atoms with Crippen molar-refractivity contribution in [2.24, 2.45) is 0 Å². The highest BCUT2D eigenvalue weighted by Gasteiger charge is 2.11. The van der Waals surface area contributed by atoms with Crippen LogP contribution >= 0.6 is 11.6 Å². The van der Waals surface area contributed by atoms with Gasteiger partial charge in [0.25, 0.3) is 5.91 Å². The average molecular weight is 329 g/mol. The largest absolute Gasteiger partial charge is 0.497 e. The normalized spacial score (nSPS) is 10.3. The average Bonchev–Trinajstić information content (AvgIpc) is 3.04. The van der Waals surface area contributed by atoms with Crippen molar-refractivity contribution in [3.8, 4) is 17.0 Å². The number of benzene rings is 2. The second kappa shape index (κ2) is 6.54. The van der Waals surface area contributed by atoms with E-state index in [1.54, 1.807) is 49.6 Å². The molecule has 3 aromatic rings. The second-order valence-corrected chi connectivity index (χ2v) is 5.20. The highest BCUT2D eigenvalue weighted by Crippen LogP contribution is 2.23. The van der Waals surface area contributed by atoms with Gasteiger partial charge in [-0.25, -0.2) is 0 Å². The minimum Gasteiger partial charge on any atom is -0.497 e. The molecule has 0 fully saturated rings. The van der Waals surface area contributed by atoms with Crippen LogP contribution in [0.5, 0.6) is 5.75 Å². The summed E-state index contributed by atoms with van der Waals surface area (Å²) in [5, 5.41) is 7.24. The Morgan fingerprint density at radius 1 is 1.13 bits per heavy atom. The smallest absolute Gasteiger partial charge is 0.258 e. The number of halogens is 1. The number of hydrogen-bond acceptors (Lipinski definition) is 4. The lowest BCUT2D eigenvalue weighted by molar-refractivity contribution is 0.102. The maximum absolute atomic E-state index is 12.1. The lowest BCUT2D eigenvalue weighted by Crippen LogP contribution is -2.11. The van der Waals surface area contributed by atoms with E-state index in [4.69, 9.17) is 20.9 Å². The van der Waals surface area contributed by atoms with E-state index in [1.807, 2.05) is 12.1 Å². The third-order valence-corrected chi connectivity index (χ3v) is 3.49. The number of carbonyl (C=O) groups excluding carboxylic acids is 1. The third kappa shape index (κ3) is 3.52. The fraction of sp³-hybridized carbons (Fsp3) is 0.0588. The van der Waals surface area contributed by atoms with E-state index < -0.39 is 0 Å². The third-order valence-electron chi connectivity index (χ3n) is 3.24. The van der Waals surface area contributed by atoms with E-state index in [0.717, 1.165) is 5.56 Å². The van der Waals surface area contributed by atoms with Gasteiger partial charge in [-0.3, -0.25) is 10.1 Å². The Morgan fingerprint density at radius 2 is 1.83 bits per heavy atom. The highest BCUT2D eigenvalue weighted by molar-refractivity contribution is 6.30. The molecule has 0 saturated carbocycles. The minimum absolute atomic E-state index is 0.274. The van der Waals surface area contributed by atoms with Crippen LogP contribution in [-0.2, 0) is 0 Å². The van der Waals surface area contributed by atoms with Crippen LogP contribution in [-0.4, -0.2) is 18.2 Å². The molecule has 0 bridgehead atoms. The van der Waals surface area contributed by atoms with Crippen LogP contribution in [0.4, 0.5) is 5.88 Å². The van der Waals surface area contributed by atoms with Crippen LogP contribution in [0.15, 0.2) is 59.1 Å². The molecule has 1 heterocycles. The van der Waals surface area contributed by atoms with Gasteiger partial charge < -0.3 is 9.26 Å². The van der Waals surface area contributed by atoms with Gasteiger partial charge in [-0.2, -0.15) is 0 Å². The number of nitrogens with one attached hydrogen (secondary N) is 1. The van der Waals surface area contributed by atoms with Crippen molar-refractivity contribution in [3.05, 3.63) is 65.2 Å². The molecule has 0 radical (unpaired) electrons. The molecular formula is C17H13ClN2O3. The molecule has 1 aromatic heterocycles. The van der Waals surface area contributed by atoms with Gasteiger partial charge >= 0.3 is 0 Å². The van der Waals surface area contributed by atoms with Gasteiger partial charge in [0.2, 0.25) is 5.88 Å². The minimum atomic E-state index is -0.286. The molecule has 1 amide bonds. The first kappa shape index (κ1) is 15.1. The molecule has 0 aliphatic rings. The van der Waals surface area contributed by atoms with Gasteiger partial charge in [-0.1, -0.05) is 28.9 Å². The molecule has 0 saturated heterocycles. The molecule has 6 heteroatoms. The molecule has 3 rings (SSSR count). The molecular weight excluding hydrogens is 316 g/mol. The van der Waals surface area contributed by atoms with Gasteiger partial charge in [0.05, 0.1) is 7.11 Å². The van der Waals surface area contributed by atoms with E-state index in [9.17, 15) is 4.79 Å². The zero-order valence-electron chi connectivity index (χ0n) is 12.2. The fourth-order valence-electron chi connectivity index (χ4n) is 2.02. The van der Waals surface area contributed by atoms with E-state index >= 15 is 0 Å². The van der Waals surface area contributed by atoms with Gasteiger partial charge in [0.15, 0.2) is 0 Å². The molecule has 2 aromatic carbocycles. The first-order valence-electron chi connectivity index (χ1n) is 6.84. The lowest BCUT2D eigenvalue weighted by atomic mass is 10.1. The Hall–Kier alpha value is -2.79. The summed E-state index contributed by atoms with van der Waals surface area (Å²) in [6, 6.07) is 15.6. The standard InChI is InChI=1S/C17H13ClN2O3/c1-22-14-8-4-12(5-9-14)17(21)19-16-10-15(20-23-16)11-2-6-13(18)7-3-11/h2-10H,1H3,(H,19,21). The molecule has 0 aliphatic carbocycles. The fourth-order valence-corrected chi connectivity index (χ4v) is 2.14. The van der Waals surface area contributed by atoms with Crippen molar-refractivity contribution in [3.63, 3.8) is 0 Å². The molecule has 0 unspecified atom stereocenters. The molecule has 23 heavy (non-hydrogen) atoms. The van der Waals surface area contributed by atoms with Crippen LogP contribution in [0, 0.1) is 0 Å². The first-order chi connectivity index (χ1) is 11.2. The van der Waals surface area contributed by atoms with Crippen LogP contribution in [0.2, 0.25) is 5.02 Å². The summed E-state index contributed by atoms with van der Waals surface area (Å²) in [6.45, 7) is 0. The summed E-state index contributed by atoms with van der Waals surface area (Å²) in [7, 11) is 1.57. The molecule has 0 atom stereocenters. The Balaban J connectivity index is 1.73. The van der Waals surface area contributed by atoms with Crippen LogP contribution in [0.25, 0.3) is 11.3 Å². The Labute approximate surface area is 137 Å². The topological polar surface area (TPSA) is 64.4 Å². The van der Waals surface area contributed by atoms with Crippen molar-refractivity contribution in [2.75, 3.05) is 12.4 Å². The number of nitrogens with zero attached hydrogens (tertiary/aromatic N) is 1. The predicted octanol–water partition coefficient (Wildman–Crippen LogP) is 4.26. The SMILES string of the molecule is COc1ccc(C(=O)Nc2cc(-c3ccc(Cl)cc3)no2)cc1. The van der Waals surface area contributed by atoms with Gasteiger partial charge in [-0.15, -0.1) is 0 Å². The summed E-state index contributed by atoms with van der Waals surface area (Å²) < 4.78 is 10.2. The van der Waals surface area contributed by atoms with Gasteiger partial charge in [0.1, 0.15) is 11.4 Å². The molecule has 1 N–H and O–H groups in total. The van der Waals surface area contributed by atoms with E-state index in [0.29, 0.717) is 22.0 Å². The monoisotopic (exact) mass is 328 g/mol. The Bertz CT molecular complexity index is 811. The van der Waals surface area contributed by atoms with Crippen molar-refractivity contribution in [2.45, 2.75) is 0 Å². The Morgan fingerprint density at radius 3 is 2.48 bits per heavy atom. The molecule has 0 aliphatic heterocycles. The van der Waals surface area contributed by atoms with E-state index in [1.165, 1.54) is 0 Å². The maximum atomic E-state index is 12.1. The Kier molecular flexibility index (Phi) is 4.30. The number of aromatic nitrogens is 1. The van der Waals surface area contributed by atoms with E-state index in [2.05, 4.69) is 10.5 Å². The predicted molar refractivity (Wildman–Crippen MR) is 87.9 cm³/mol. The zero-order valence-corrected chi connectivity index (χ0v) is 13.0. The van der Waals surface area contributed by atoms with Crippen molar-refractivity contribution >= 4 is 23.4 Å². The number of amides is 1. The number of hydrogen-bond donors (Lipinski definition) is 1. The number of carbonyl (C=O) groups is 1. The maximum Gasteiger partial charge on any atom is 0.258 e. The first-order valence-corrected chi connectivity index (χ1v) is 7.21. The summed E-state index contributed by atoms with van der Waals surface area (Å²) in [5.41, 5.74) is 1.96. The zero-order chi connectivity index (χ0) is 16.2. The van der Waals surface area contributed by atoms with Gasteiger partial charge in [-0.05, 0) is 36.4 Å². The molecule has 5 nitrogen and oxygen atoms in total. The second-order valence-electron chi connectivity index (χ2n) is 4.77. The number of rotatable bonds is 4. The summed E-state index contributed by atoms with van der Waals surface area (Å²) in [4.78, 5) is 12.1. The van der Waals surface area contributed by atoms with Crippen molar-refractivity contribution in [1.29, 1.82) is 0 Å². The lowest BCUT2D eigenvalue weighted by Gasteiger charge is -2.02. The quantitative estimate of drug-likeness (QED) is 0.777. The van der Waals surface area contributed by atoms with Gasteiger partial charge in [0, 0.05) is 22.2 Å². The summed E-state index contributed by atoms with van der Waals surface area (Å²) in [6.07, 6.45) is 0. The molecule has 116 valence electrons. The number of methoxy groups -OCH3 is 1. The van der Waals surface area contributed by atoms with Crippen molar-refractivity contribution < 1.29 is 14.1 Å². The summed E-state index contributed by atoms with van der Waals surface area (Å²) >= 11 is 5.85. The van der Waals surface area contributed by atoms with Crippen molar-refractivity contribution in [1.82, 2.24) is 5.16 Å².